The van der Waals surface area contributed by atoms with E-state index < -0.39 is 17.5 Å². The molecule has 0 aromatic heterocycles. The number of anilines is 1. The fourth-order valence-electron chi connectivity index (χ4n) is 1.29. The maximum absolute atomic E-state index is 13.1. The number of carbonyl (C=O) groups excluding carboxylic acids is 1. The number of amides is 1. The average molecular weight is 271 g/mol. The molecule has 0 atom stereocenters. The molecule has 0 unspecified atom stereocenters. The zero-order valence-electron chi connectivity index (χ0n) is 11.2. The van der Waals surface area contributed by atoms with Crippen molar-refractivity contribution < 1.29 is 23.8 Å². The minimum absolute atomic E-state index is 0.00640. The van der Waals surface area contributed by atoms with E-state index >= 15 is 0 Å². The van der Waals surface area contributed by atoms with Crippen LogP contribution in [-0.2, 0) is 4.74 Å². The van der Waals surface area contributed by atoms with Gasteiger partial charge in [-0.1, -0.05) is 0 Å². The quantitative estimate of drug-likeness (QED) is 0.883. The number of rotatable bonds is 4. The maximum atomic E-state index is 13.1. The molecule has 0 bridgehead atoms. The molecular formula is C13H18FNO4. The van der Waals surface area contributed by atoms with Crippen LogP contribution in [0.5, 0.6) is 5.75 Å². The van der Waals surface area contributed by atoms with Gasteiger partial charge in [-0.3, -0.25) is 5.32 Å². The van der Waals surface area contributed by atoms with Gasteiger partial charge >= 0.3 is 6.09 Å². The van der Waals surface area contributed by atoms with Crippen molar-refractivity contribution in [2.24, 2.45) is 0 Å². The van der Waals surface area contributed by atoms with E-state index in [4.69, 9.17) is 14.6 Å². The lowest BCUT2D eigenvalue weighted by atomic mass is 10.2. The molecule has 0 spiro atoms. The number of halogens is 1. The third kappa shape index (κ3) is 5.56. The van der Waals surface area contributed by atoms with Crippen molar-refractivity contribution >= 4 is 11.8 Å². The third-order valence-corrected chi connectivity index (χ3v) is 1.93. The van der Waals surface area contributed by atoms with Crippen LogP contribution in [0.25, 0.3) is 0 Å². The zero-order chi connectivity index (χ0) is 14.5. The van der Waals surface area contributed by atoms with Gasteiger partial charge in [-0.25, -0.2) is 9.18 Å². The summed E-state index contributed by atoms with van der Waals surface area (Å²) in [5.74, 6) is -0.359. The number of hydrogen-bond acceptors (Lipinski definition) is 4. The summed E-state index contributed by atoms with van der Waals surface area (Å²) in [7, 11) is 0. The predicted octanol–water partition coefficient (Wildman–Crippen LogP) is 2.54. The molecule has 0 aliphatic carbocycles. The Hall–Kier alpha value is -1.82. The minimum atomic E-state index is -0.659. The van der Waals surface area contributed by atoms with Gasteiger partial charge < -0.3 is 14.6 Å². The summed E-state index contributed by atoms with van der Waals surface area (Å²) < 4.78 is 23.3. The topological polar surface area (TPSA) is 67.8 Å². The first-order valence-corrected chi connectivity index (χ1v) is 5.85. The molecule has 0 saturated heterocycles. The molecule has 0 radical (unpaired) electrons. The van der Waals surface area contributed by atoms with E-state index in [-0.39, 0.29) is 24.7 Å². The number of benzene rings is 1. The number of aliphatic hydroxyl groups excluding tert-OH is 1. The Morgan fingerprint density at radius 3 is 2.68 bits per heavy atom. The molecule has 2 N–H and O–H groups in total. The van der Waals surface area contributed by atoms with E-state index in [0.29, 0.717) is 0 Å². The van der Waals surface area contributed by atoms with Crippen LogP contribution in [-0.4, -0.2) is 30.0 Å². The largest absolute Gasteiger partial charge is 0.489 e. The van der Waals surface area contributed by atoms with Crippen LogP contribution in [0.4, 0.5) is 14.9 Å². The van der Waals surface area contributed by atoms with Crippen molar-refractivity contribution in [3.63, 3.8) is 0 Å². The SMILES string of the molecule is CC(C)(C)OC(=O)Nc1ccc(F)cc1OCCO. The monoisotopic (exact) mass is 271 g/mol. The number of carbonyl (C=O) groups is 1. The molecule has 0 heterocycles. The van der Waals surface area contributed by atoms with E-state index in [2.05, 4.69) is 5.32 Å². The Kier molecular flexibility index (Phi) is 5.11. The van der Waals surface area contributed by atoms with Crippen LogP contribution < -0.4 is 10.1 Å². The summed E-state index contributed by atoms with van der Waals surface area (Å²) in [6, 6.07) is 3.69. The average Bonchev–Trinajstić information content (AvgIpc) is 2.27. The minimum Gasteiger partial charge on any atom is -0.489 e. The Bertz CT molecular complexity index is 443. The van der Waals surface area contributed by atoms with Gasteiger partial charge in [0.05, 0.1) is 12.3 Å². The number of hydrogen-bond donors (Lipinski definition) is 2. The lowest BCUT2D eigenvalue weighted by Crippen LogP contribution is -2.27. The van der Waals surface area contributed by atoms with E-state index in [1.165, 1.54) is 12.1 Å². The molecular weight excluding hydrogens is 253 g/mol. The highest BCUT2D eigenvalue weighted by atomic mass is 19.1. The van der Waals surface area contributed by atoms with Gasteiger partial charge in [0.1, 0.15) is 23.8 Å². The molecule has 1 amide bonds. The van der Waals surface area contributed by atoms with Gasteiger partial charge in [0.25, 0.3) is 0 Å². The molecule has 0 aliphatic rings. The van der Waals surface area contributed by atoms with Gasteiger partial charge in [-0.2, -0.15) is 0 Å². The van der Waals surface area contributed by atoms with Gasteiger partial charge in [0, 0.05) is 6.07 Å². The molecule has 1 aromatic carbocycles. The highest BCUT2D eigenvalue weighted by Gasteiger charge is 2.17. The summed E-state index contributed by atoms with van der Waals surface area (Å²) in [6.45, 7) is 5.01. The van der Waals surface area contributed by atoms with Crippen LogP contribution in [0.15, 0.2) is 18.2 Å². The van der Waals surface area contributed by atoms with E-state index in [0.717, 1.165) is 6.07 Å². The zero-order valence-corrected chi connectivity index (χ0v) is 11.2. The fourth-order valence-corrected chi connectivity index (χ4v) is 1.29. The maximum Gasteiger partial charge on any atom is 0.412 e. The van der Waals surface area contributed by atoms with Gasteiger partial charge in [0.15, 0.2) is 0 Å². The molecule has 6 heteroatoms. The van der Waals surface area contributed by atoms with Crippen molar-refractivity contribution in [3.8, 4) is 5.75 Å². The van der Waals surface area contributed by atoms with E-state index in [1.54, 1.807) is 20.8 Å². The number of ether oxygens (including phenoxy) is 2. The second-order valence-electron chi connectivity index (χ2n) is 4.84. The summed E-state index contributed by atoms with van der Waals surface area (Å²) in [5, 5.41) is 11.2. The summed E-state index contributed by atoms with van der Waals surface area (Å²) in [5.41, 5.74) is -0.347. The summed E-state index contributed by atoms with van der Waals surface area (Å²) >= 11 is 0. The Balaban J connectivity index is 2.79. The second kappa shape index (κ2) is 6.38. The van der Waals surface area contributed by atoms with E-state index in [1.807, 2.05) is 0 Å². The molecule has 0 aliphatic heterocycles. The van der Waals surface area contributed by atoms with Crippen LogP contribution in [0.3, 0.4) is 0 Å². The standard InChI is InChI=1S/C13H18FNO4/c1-13(2,3)19-12(17)15-10-5-4-9(14)8-11(10)18-7-6-16/h4-5,8,16H,6-7H2,1-3H3,(H,15,17). The Labute approximate surface area is 111 Å². The smallest absolute Gasteiger partial charge is 0.412 e. The fraction of sp³-hybridized carbons (Fsp3) is 0.462. The predicted molar refractivity (Wildman–Crippen MR) is 68.8 cm³/mol. The Morgan fingerprint density at radius 1 is 1.42 bits per heavy atom. The first kappa shape index (κ1) is 15.2. The van der Waals surface area contributed by atoms with Gasteiger partial charge in [-0.15, -0.1) is 0 Å². The number of nitrogens with one attached hydrogen (secondary N) is 1. The van der Waals surface area contributed by atoms with Crippen LogP contribution in [0.1, 0.15) is 20.8 Å². The summed E-state index contributed by atoms with van der Waals surface area (Å²) in [6.07, 6.45) is -0.659. The third-order valence-electron chi connectivity index (χ3n) is 1.93. The van der Waals surface area contributed by atoms with Gasteiger partial charge in [-0.05, 0) is 32.9 Å². The number of aliphatic hydroxyl groups is 1. The van der Waals surface area contributed by atoms with Crippen LogP contribution in [0.2, 0.25) is 0 Å². The van der Waals surface area contributed by atoms with Crippen molar-refractivity contribution in [1.29, 1.82) is 0 Å². The van der Waals surface area contributed by atoms with Crippen LogP contribution in [0, 0.1) is 5.82 Å². The second-order valence-corrected chi connectivity index (χ2v) is 4.84. The Morgan fingerprint density at radius 2 is 2.11 bits per heavy atom. The first-order chi connectivity index (χ1) is 8.81. The molecule has 5 nitrogen and oxygen atoms in total. The first-order valence-electron chi connectivity index (χ1n) is 5.85. The summed E-state index contributed by atoms with van der Waals surface area (Å²) in [4.78, 5) is 11.6. The molecule has 106 valence electrons. The van der Waals surface area contributed by atoms with Crippen molar-refractivity contribution in [1.82, 2.24) is 0 Å². The highest BCUT2D eigenvalue weighted by molar-refractivity contribution is 5.86. The highest BCUT2D eigenvalue weighted by Crippen LogP contribution is 2.26. The lowest BCUT2D eigenvalue weighted by Gasteiger charge is -2.20. The van der Waals surface area contributed by atoms with Crippen molar-refractivity contribution in [2.75, 3.05) is 18.5 Å². The molecule has 1 rings (SSSR count). The molecule has 0 fully saturated rings. The van der Waals surface area contributed by atoms with Crippen LogP contribution >= 0.6 is 0 Å². The van der Waals surface area contributed by atoms with Crippen molar-refractivity contribution in [3.05, 3.63) is 24.0 Å². The normalized spacial score (nSPS) is 11.0. The molecule has 19 heavy (non-hydrogen) atoms. The molecule has 1 aromatic rings. The molecule has 0 saturated carbocycles. The van der Waals surface area contributed by atoms with E-state index in [9.17, 15) is 9.18 Å². The lowest BCUT2D eigenvalue weighted by molar-refractivity contribution is 0.0635. The van der Waals surface area contributed by atoms with Crippen molar-refractivity contribution in [2.45, 2.75) is 26.4 Å². The van der Waals surface area contributed by atoms with Gasteiger partial charge in [0.2, 0.25) is 0 Å².